The second-order valence-corrected chi connectivity index (χ2v) is 4.07. The smallest absolute Gasteiger partial charge is 0.133 e. The first-order chi connectivity index (χ1) is 8.02. The van der Waals surface area contributed by atoms with Crippen molar-refractivity contribution in [1.29, 1.82) is 0 Å². The predicted octanol–water partition coefficient (Wildman–Crippen LogP) is 3.77. The first kappa shape index (κ1) is 15.8. The number of ether oxygens (including phenoxy) is 1. The van der Waals surface area contributed by atoms with Crippen LogP contribution in [0.15, 0.2) is 34.5 Å². The lowest BCUT2D eigenvalue weighted by Gasteiger charge is -2.19. The number of aliphatic imine (C=N–C) groups is 2. The van der Waals surface area contributed by atoms with Crippen molar-refractivity contribution in [3.05, 3.63) is 24.6 Å². The lowest BCUT2D eigenvalue weighted by molar-refractivity contribution is 0.0803. The molecule has 0 bridgehead atoms. The molecule has 0 aliphatic heterocycles. The van der Waals surface area contributed by atoms with Gasteiger partial charge in [-0.2, -0.15) is 0 Å². The van der Waals surface area contributed by atoms with Crippen molar-refractivity contribution < 1.29 is 4.74 Å². The van der Waals surface area contributed by atoms with Crippen LogP contribution in [0.3, 0.4) is 0 Å². The summed E-state index contributed by atoms with van der Waals surface area (Å²) in [5.74, 6) is 0. The minimum absolute atomic E-state index is 0.145. The van der Waals surface area contributed by atoms with Crippen LogP contribution in [0, 0.1) is 0 Å². The van der Waals surface area contributed by atoms with E-state index in [0.29, 0.717) is 0 Å². The second kappa shape index (κ2) is 8.88. The van der Waals surface area contributed by atoms with E-state index in [9.17, 15) is 0 Å². The third-order valence-electron chi connectivity index (χ3n) is 2.02. The van der Waals surface area contributed by atoms with Crippen LogP contribution in [-0.4, -0.2) is 23.6 Å². The van der Waals surface area contributed by atoms with Crippen LogP contribution in [0.2, 0.25) is 0 Å². The predicted molar refractivity (Wildman–Crippen MR) is 75.9 cm³/mol. The zero-order valence-electron chi connectivity index (χ0n) is 11.8. The van der Waals surface area contributed by atoms with Crippen molar-refractivity contribution >= 4 is 11.4 Å². The molecule has 0 aliphatic carbocycles. The summed E-state index contributed by atoms with van der Waals surface area (Å²) >= 11 is 0. The molecule has 0 saturated carbocycles. The lowest BCUT2D eigenvalue weighted by atomic mass is 10.1. The van der Waals surface area contributed by atoms with Crippen LogP contribution in [0.5, 0.6) is 0 Å². The van der Waals surface area contributed by atoms with E-state index in [2.05, 4.69) is 9.98 Å². The minimum Gasteiger partial charge on any atom is -0.364 e. The topological polar surface area (TPSA) is 34.0 Å². The van der Waals surface area contributed by atoms with Crippen molar-refractivity contribution in [2.24, 2.45) is 9.98 Å². The van der Waals surface area contributed by atoms with Gasteiger partial charge in [-0.3, -0.25) is 9.98 Å². The van der Waals surface area contributed by atoms with Gasteiger partial charge in [0.2, 0.25) is 0 Å². The second-order valence-electron chi connectivity index (χ2n) is 4.07. The van der Waals surface area contributed by atoms with Gasteiger partial charge < -0.3 is 4.74 Å². The van der Waals surface area contributed by atoms with Crippen molar-refractivity contribution in [3.8, 4) is 0 Å². The van der Waals surface area contributed by atoms with E-state index in [0.717, 1.165) is 11.4 Å². The van der Waals surface area contributed by atoms with E-state index >= 15 is 0 Å². The minimum atomic E-state index is -0.151. The van der Waals surface area contributed by atoms with E-state index in [-0.39, 0.29) is 12.2 Å². The number of hydrogen-bond acceptors (Lipinski definition) is 3. The summed E-state index contributed by atoms with van der Waals surface area (Å²) in [4.78, 5) is 8.66. The van der Waals surface area contributed by atoms with Gasteiger partial charge in [0.15, 0.2) is 0 Å². The Bertz CT molecular complexity index is 297. The zero-order chi connectivity index (χ0) is 13.3. The number of hydrogen-bond donors (Lipinski definition) is 0. The Balaban J connectivity index is 4.99. The molecular weight excluding hydrogens is 212 g/mol. The van der Waals surface area contributed by atoms with Crippen LogP contribution < -0.4 is 0 Å². The largest absolute Gasteiger partial charge is 0.364 e. The zero-order valence-corrected chi connectivity index (χ0v) is 11.8. The van der Waals surface area contributed by atoms with Crippen LogP contribution >= 0.6 is 0 Å². The molecule has 3 nitrogen and oxygen atoms in total. The van der Waals surface area contributed by atoms with Gasteiger partial charge in [-0.1, -0.05) is 12.2 Å². The average molecular weight is 236 g/mol. The Morgan fingerprint density at radius 2 is 1.35 bits per heavy atom. The Labute approximate surface area is 105 Å². The molecule has 0 aromatic rings. The molecule has 0 radical (unpaired) electrons. The molecule has 0 rings (SSSR count). The van der Waals surface area contributed by atoms with E-state index in [1.807, 2.05) is 53.7 Å². The number of rotatable bonds is 6. The average Bonchev–Trinajstić information content (AvgIpc) is 2.29. The van der Waals surface area contributed by atoms with Gasteiger partial charge in [0, 0.05) is 23.8 Å². The van der Waals surface area contributed by atoms with E-state index in [1.165, 1.54) is 0 Å². The summed E-state index contributed by atoms with van der Waals surface area (Å²) in [6, 6.07) is 0. The van der Waals surface area contributed by atoms with Gasteiger partial charge in [0.25, 0.3) is 0 Å². The number of allylic oxidation sites excluding steroid dienone is 2. The van der Waals surface area contributed by atoms with Crippen LogP contribution in [-0.2, 0) is 4.74 Å². The molecule has 96 valence electrons. The number of nitrogens with zero attached hydrogens (tertiary/aromatic N) is 2. The van der Waals surface area contributed by atoms with Crippen LogP contribution in [0.1, 0.15) is 41.5 Å². The fraction of sp³-hybridized carbons (Fsp3) is 0.571. The van der Waals surface area contributed by atoms with Gasteiger partial charge >= 0.3 is 0 Å². The highest BCUT2D eigenvalue weighted by molar-refractivity contribution is 6.08. The Morgan fingerprint density at radius 3 is 1.65 bits per heavy atom. The lowest BCUT2D eigenvalue weighted by Crippen LogP contribution is -2.32. The maximum absolute atomic E-state index is 5.84. The highest BCUT2D eigenvalue weighted by Crippen LogP contribution is 2.05. The fourth-order valence-corrected chi connectivity index (χ4v) is 1.29. The van der Waals surface area contributed by atoms with Gasteiger partial charge in [-0.25, -0.2) is 0 Å². The molecule has 0 aromatic carbocycles. The Hall–Kier alpha value is -1.22. The molecule has 17 heavy (non-hydrogen) atoms. The highest BCUT2D eigenvalue weighted by Gasteiger charge is 2.17. The standard InChI is InChI=1S/C14H24N2O/c1-7-9-15-12(5)14(17-11(3)4)13(6)16-10-8-2/h7-11,14H,1-6H3/b9-7-,10-8-,15-12?,16-13?. The molecule has 0 amide bonds. The quantitative estimate of drug-likeness (QED) is 0.646. The summed E-state index contributed by atoms with van der Waals surface area (Å²) in [5, 5.41) is 0. The maximum Gasteiger partial charge on any atom is 0.133 e. The molecule has 0 atom stereocenters. The molecule has 0 N–H and O–H groups in total. The summed E-state index contributed by atoms with van der Waals surface area (Å²) in [7, 11) is 0. The normalized spacial score (nSPS) is 16.4. The fourth-order valence-electron chi connectivity index (χ4n) is 1.29. The first-order valence-electron chi connectivity index (χ1n) is 5.99. The summed E-state index contributed by atoms with van der Waals surface area (Å²) in [6.07, 6.45) is 7.33. The van der Waals surface area contributed by atoms with Crippen molar-refractivity contribution in [2.45, 2.75) is 53.8 Å². The summed E-state index contributed by atoms with van der Waals surface area (Å²) in [5.41, 5.74) is 1.84. The van der Waals surface area contributed by atoms with E-state index in [4.69, 9.17) is 4.74 Å². The van der Waals surface area contributed by atoms with Crippen LogP contribution in [0.25, 0.3) is 0 Å². The molecule has 3 heteroatoms. The van der Waals surface area contributed by atoms with Crippen molar-refractivity contribution in [3.63, 3.8) is 0 Å². The summed E-state index contributed by atoms with van der Waals surface area (Å²) in [6.45, 7) is 11.8. The van der Waals surface area contributed by atoms with Crippen molar-refractivity contribution in [2.75, 3.05) is 0 Å². The van der Waals surface area contributed by atoms with E-state index < -0.39 is 0 Å². The molecule has 0 aromatic heterocycles. The molecular formula is C14H24N2O. The van der Waals surface area contributed by atoms with Gasteiger partial charge in [-0.15, -0.1) is 0 Å². The maximum atomic E-state index is 5.84. The van der Waals surface area contributed by atoms with Gasteiger partial charge in [0.1, 0.15) is 6.10 Å². The third-order valence-corrected chi connectivity index (χ3v) is 2.02. The molecule has 0 fully saturated rings. The molecule has 0 saturated heterocycles. The van der Waals surface area contributed by atoms with Gasteiger partial charge in [-0.05, 0) is 41.5 Å². The SMILES string of the molecule is C/C=C\N=C(C)C(OC(C)C)C(C)=N/C=C\C. The Kier molecular flexibility index (Phi) is 8.24. The molecule has 0 heterocycles. The molecule has 0 aliphatic rings. The monoisotopic (exact) mass is 236 g/mol. The highest BCUT2D eigenvalue weighted by atomic mass is 16.5. The first-order valence-corrected chi connectivity index (χ1v) is 5.99. The van der Waals surface area contributed by atoms with E-state index in [1.54, 1.807) is 12.4 Å². The Morgan fingerprint density at radius 1 is 0.941 bits per heavy atom. The van der Waals surface area contributed by atoms with Gasteiger partial charge in [0.05, 0.1) is 6.10 Å². The van der Waals surface area contributed by atoms with Crippen LogP contribution in [0.4, 0.5) is 0 Å². The third kappa shape index (κ3) is 6.84. The molecule has 0 unspecified atom stereocenters. The molecule has 0 spiro atoms. The summed E-state index contributed by atoms with van der Waals surface area (Å²) < 4.78 is 5.84. The van der Waals surface area contributed by atoms with Crippen molar-refractivity contribution in [1.82, 2.24) is 0 Å².